The fourth-order valence-corrected chi connectivity index (χ4v) is 3.55. The van der Waals surface area contributed by atoms with Crippen LogP contribution in [0.2, 0.25) is 0 Å². The average molecular weight is 338 g/mol. The zero-order valence-electron chi connectivity index (χ0n) is 14.1. The molecule has 1 saturated heterocycles. The second kappa shape index (κ2) is 8.02. The van der Waals surface area contributed by atoms with E-state index in [4.69, 9.17) is 0 Å². The molecule has 0 radical (unpaired) electrons. The predicted molar refractivity (Wildman–Crippen MR) is 97.7 cm³/mol. The van der Waals surface area contributed by atoms with Gasteiger partial charge in [0, 0.05) is 43.0 Å². The molecule has 2 aliphatic heterocycles. The third-order valence-corrected chi connectivity index (χ3v) is 4.93. The molecule has 0 aromatic heterocycles. The molecule has 1 aromatic rings. The summed E-state index contributed by atoms with van der Waals surface area (Å²) in [4.78, 5) is 15.1. The first-order valence-electron chi connectivity index (χ1n) is 8.56. The Morgan fingerprint density at radius 2 is 2.04 bits per heavy atom. The smallest absolute Gasteiger partial charge is 0.251 e. The van der Waals surface area contributed by atoms with Gasteiger partial charge in [-0.1, -0.05) is 6.07 Å². The number of hydrogen-bond acceptors (Lipinski definition) is 3. The number of anilines is 1. The maximum Gasteiger partial charge on any atom is 0.251 e. The number of benzene rings is 1. The number of halogens is 1. The lowest BCUT2D eigenvalue weighted by Crippen LogP contribution is -2.46. The standard InChI is InChI=1S/C18H27N3O.ClH/c1-13(2)21-11-8-14(9-12-21)20-18(22)16-5-3-7-17-15(16)6-4-10-19-17;/h3,5,7,13-14,19H,4,6,8-12H2,1-2H3,(H,20,22);1H. The van der Waals surface area contributed by atoms with E-state index in [-0.39, 0.29) is 18.3 Å². The Hall–Kier alpha value is -1.26. The summed E-state index contributed by atoms with van der Waals surface area (Å²) >= 11 is 0. The number of nitrogens with one attached hydrogen (secondary N) is 2. The zero-order valence-corrected chi connectivity index (χ0v) is 14.9. The minimum atomic E-state index is 0. The normalized spacial score (nSPS) is 18.7. The van der Waals surface area contributed by atoms with Gasteiger partial charge in [0.05, 0.1) is 0 Å². The number of rotatable bonds is 3. The molecule has 2 aliphatic rings. The minimum absolute atomic E-state index is 0. The predicted octanol–water partition coefficient (Wildman–Crippen LogP) is 3.07. The van der Waals surface area contributed by atoms with Crippen molar-refractivity contribution in [2.24, 2.45) is 0 Å². The van der Waals surface area contributed by atoms with Crippen molar-refractivity contribution in [2.45, 2.75) is 51.6 Å². The van der Waals surface area contributed by atoms with Gasteiger partial charge in [0.1, 0.15) is 0 Å². The fourth-order valence-electron chi connectivity index (χ4n) is 3.55. The van der Waals surface area contributed by atoms with E-state index in [0.29, 0.717) is 12.1 Å². The summed E-state index contributed by atoms with van der Waals surface area (Å²) in [7, 11) is 0. The zero-order chi connectivity index (χ0) is 15.5. The Morgan fingerprint density at radius 3 is 2.74 bits per heavy atom. The largest absolute Gasteiger partial charge is 0.385 e. The van der Waals surface area contributed by atoms with Gasteiger partial charge < -0.3 is 15.5 Å². The average Bonchev–Trinajstić information content (AvgIpc) is 2.54. The number of carbonyl (C=O) groups excluding carboxylic acids is 1. The van der Waals surface area contributed by atoms with E-state index in [0.717, 1.165) is 56.6 Å². The lowest BCUT2D eigenvalue weighted by atomic mass is 9.96. The summed E-state index contributed by atoms with van der Waals surface area (Å²) in [6.45, 7) is 7.64. The highest BCUT2D eigenvalue weighted by Gasteiger charge is 2.24. The Balaban J connectivity index is 0.00000192. The molecule has 0 spiro atoms. The van der Waals surface area contributed by atoms with E-state index in [1.165, 1.54) is 5.56 Å². The van der Waals surface area contributed by atoms with Crippen LogP contribution in [0, 0.1) is 0 Å². The van der Waals surface area contributed by atoms with Gasteiger partial charge in [0.15, 0.2) is 0 Å². The van der Waals surface area contributed by atoms with Crippen LogP contribution in [0.5, 0.6) is 0 Å². The van der Waals surface area contributed by atoms with E-state index in [1.807, 2.05) is 12.1 Å². The molecule has 5 heteroatoms. The van der Waals surface area contributed by atoms with E-state index in [2.05, 4.69) is 35.4 Å². The first-order chi connectivity index (χ1) is 10.6. The van der Waals surface area contributed by atoms with Crippen LogP contribution < -0.4 is 10.6 Å². The van der Waals surface area contributed by atoms with Gasteiger partial charge in [-0.3, -0.25) is 4.79 Å². The molecule has 1 aromatic carbocycles. The van der Waals surface area contributed by atoms with Crippen molar-refractivity contribution in [1.29, 1.82) is 0 Å². The quantitative estimate of drug-likeness (QED) is 0.891. The van der Waals surface area contributed by atoms with Gasteiger partial charge in [-0.05, 0) is 57.2 Å². The minimum Gasteiger partial charge on any atom is -0.385 e. The van der Waals surface area contributed by atoms with Crippen molar-refractivity contribution in [3.05, 3.63) is 29.3 Å². The molecular weight excluding hydrogens is 310 g/mol. The maximum atomic E-state index is 12.6. The van der Waals surface area contributed by atoms with Crippen LogP contribution in [0.3, 0.4) is 0 Å². The molecule has 0 saturated carbocycles. The van der Waals surface area contributed by atoms with Crippen molar-refractivity contribution in [2.75, 3.05) is 25.0 Å². The monoisotopic (exact) mass is 337 g/mol. The van der Waals surface area contributed by atoms with Gasteiger partial charge >= 0.3 is 0 Å². The molecule has 2 heterocycles. The number of likely N-dealkylation sites (tertiary alicyclic amines) is 1. The molecule has 0 atom stereocenters. The highest BCUT2D eigenvalue weighted by Crippen LogP contribution is 2.25. The van der Waals surface area contributed by atoms with Gasteiger partial charge in [-0.15, -0.1) is 12.4 Å². The summed E-state index contributed by atoms with van der Waals surface area (Å²) in [5.41, 5.74) is 3.18. The number of amides is 1. The summed E-state index contributed by atoms with van der Waals surface area (Å²) in [6.07, 6.45) is 4.20. The highest BCUT2D eigenvalue weighted by atomic mass is 35.5. The third kappa shape index (κ3) is 4.18. The van der Waals surface area contributed by atoms with E-state index >= 15 is 0 Å². The van der Waals surface area contributed by atoms with Crippen LogP contribution in [0.25, 0.3) is 0 Å². The SMILES string of the molecule is CC(C)N1CCC(NC(=O)c2cccc3c2CCCN3)CC1.Cl. The van der Waals surface area contributed by atoms with Crippen molar-refractivity contribution in [3.8, 4) is 0 Å². The van der Waals surface area contributed by atoms with Gasteiger partial charge in [-0.25, -0.2) is 0 Å². The fraction of sp³-hybridized carbons (Fsp3) is 0.611. The molecule has 128 valence electrons. The van der Waals surface area contributed by atoms with Gasteiger partial charge in [0.2, 0.25) is 0 Å². The molecule has 1 amide bonds. The summed E-state index contributed by atoms with van der Waals surface area (Å²) in [5, 5.41) is 6.64. The number of hydrogen-bond donors (Lipinski definition) is 2. The number of piperidine rings is 1. The summed E-state index contributed by atoms with van der Waals surface area (Å²) in [5.74, 6) is 0.101. The van der Waals surface area contributed by atoms with Crippen molar-refractivity contribution >= 4 is 24.0 Å². The molecule has 0 bridgehead atoms. The van der Waals surface area contributed by atoms with Crippen molar-refractivity contribution in [3.63, 3.8) is 0 Å². The second-order valence-electron chi connectivity index (χ2n) is 6.74. The molecule has 0 aliphatic carbocycles. The van der Waals surface area contributed by atoms with Crippen LogP contribution in [-0.4, -0.2) is 42.5 Å². The molecule has 2 N–H and O–H groups in total. The lowest BCUT2D eigenvalue weighted by Gasteiger charge is -2.35. The molecular formula is C18H28ClN3O. The van der Waals surface area contributed by atoms with E-state index < -0.39 is 0 Å². The van der Waals surface area contributed by atoms with Crippen LogP contribution in [-0.2, 0) is 6.42 Å². The second-order valence-corrected chi connectivity index (χ2v) is 6.74. The number of carbonyl (C=O) groups is 1. The number of nitrogens with zero attached hydrogens (tertiary/aromatic N) is 1. The highest BCUT2D eigenvalue weighted by molar-refractivity contribution is 5.97. The van der Waals surface area contributed by atoms with Gasteiger partial charge in [-0.2, -0.15) is 0 Å². The van der Waals surface area contributed by atoms with Gasteiger partial charge in [0.25, 0.3) is 5.91 Å². The number of fused-ring (bicyclic) bond motifs is 1. The first-order valence-corrected chi connectivity index (χ1v) is 8.56. The molecule has 3 rings (SSSR count). The third-order valence-electron chi connectivity index (χ3n) is 4.93. The lowest BCUT2D eigenvalue weighted by molar-refractivity contribution is 0.0899. The summed E-state index contributed by atoms with van der Waals surface area (Å²) in [6, 6.07) is 6.93. The Kier molecular flexibility index (Phi) is 6.31. The van der Waals surface area contributed by atoms with Crippen molar-refractivity contribution in [1.82, 2.24) is 10.2 Å². The first kappa shape index (κ1) is 18.1. The molecule has 23 heavy (non-hydrogen) atoms. The molecule has 1 fully saturated rings. The van der Waals surface area contributed by atoms with Crippen molar-refractivity contribution < 1.29 is 4.79 Å². The summed E-state index contributed by atoms with van der Waals surface area (Å²) < 4.78 is 0. The van der Waals surface area contributed by atoms with Crippen LogP contribution in [0.15, 0.2) is 18.2 Å². The van der Waals surface area contributed by atoms with E-state index in [1.54, 1.807) is 0 Å². The Labute approximate surface area is 145 Å². The molecule has 4 nitrogen and oxygen atoms in total. The van der Waals surface area contributed by atoms with Crippen LogP contribution in [0.1, 0.15) is 49.0 Å². The van der Waals surface area contributed by atoms with E-state index in [9.17, 15) is 4.79 Å². The topological polar surface area (TPSA) is 44.4 Å². The Bertz CT molecular complexity index is 539. The maximum absolute atomic E-state index is 12.6. The Morgan fingerprint density at radius 1 is 1.30 bits per heavy atom. The van der Waals surface area contributed by atoms with Crippen LogP contribution in [0.4, 0.5) is 5.69 Å². The van der Waals surface area contributed by atoms with Crippen LogP contribution >= 0.6 is 12.4 Å². The molecule has 0 unspecified atom stereocenters.